The standard InChI is InChI=1S/C32H28FN7O2/c1-42-23-13-19(11-21(33)14-23)29-24-15-28(37-26(24)9-10-35-29)31-30-27(39-40-31)8-7-25(38-30)20-12-22(17-34-16-20)36-32(41)18-5-3-2-4-6-18/h7-18,37H,2-6H2,1H3,(H,36,41)(H,39,40). The number of benzene rings is 1. The van der Waals surface area contributed by atoms with E-state index in [0.717, 1.165) is 53.4 Å². The van der Waals surface area contributed by atoms with Gasteiger partial charge < -0.3 is 15.0 Å². The highest BCUT2D eigenvalue weighted by atomic mass is 19.1. The number of halogens is 1. The lowest BCUT2D eigenvalue weighted by Crippen LogP contribution is -2.24. The quantitative estimate of drug-likeness (QED) is 0.203. The summed E-state index contributed by atoms with van der Waals surface area (Å²) < 4.78 is 19.6. The number of amides is 1. The Morgan fingerprint density at radius 1 is 0.976 bits per heavy atom. The Morgan fingerprint density at radius 3 is 2.71 bits per heavy atom. The SMILES string of the molecule is COc1cc(F)cc(-c2nccc3[nH]c(-c4n[nH]c5ccc(-c6cncc(NC(=O)C7CCCCC7)c6)nc45)cc23)c1. The van der Waals surface area contributed by atoms with Gasteiger partial charge in [-0.3, -0.25) is 19.9 Å². The Labute approximate surface area is 240 Å². The number of nitrogens with one attached hydrogen (secondary N) is 3. The molecule has 3 N–H and O–H groups in total. The van der Waals surface area contributed by atoms with E-state index in [4.69, 9.17) is 9.72 Å². The van der Waals surface area contributed by atoms with Gasteiger partial charge in [-0.05, 0) is 55.3 Å². The highest BCUT2D eigenvalue weighted by Crippen LogP contribution is 2.35. The van der Waals surface area contributed by atoms with E-state index in [2.05, 4.69) is 30.5 Å². The van der Waals surface area contributed by atoms with Gasteiger partial charge in [0.05, 0.1) is 41.6 Å². The minimum absolute atomic E-state index is 0.0542. The number of carbonyl (C=O) groups excluding carboxylic acids is 1. The molecule has 0 aliphatic heterocycles. The van der Waals surface area contributed by atoms with Gasteiger partial charge in [0.1, 0.15) is 22.8 Å². The highest BCUT2D eigenvalue weighted by Gasteiger charge is 2.21. The van der Waals surface area contributed by atoms with E-state index in [9.17, 15) is 9.18 Å². The molecule has 0 radical (unpaired) electrons. The Morgan fingerprint density at radius 2 is 1.86 bits per heavy atom. The molecule has 1 fully saturated rings. The lowest BCUT2D eigenvalue weighted by molar-refractivity contribution is -0.120. The highest BCUT2D eigenvalue weighted by molar-refractivity contribution is 5.99. The molecular formula is C32H28FN7O2. The predicted octanol–water partition coefficient (Wildman–Crippen LogP) is 6.90. The van der Waals surface area contributed by atoms with E-state index >= 15 is 0 Å². The second-order valence-electron chi connectivity index (χ2n) is 10.6. The summed E-state index contributed by atoms with van der Waals surface area (Å²) in [6, 6.07) is 14.1. The molecule has 0 unspecified atom stereocenters. The van der Waals surface area contributed by atoms with Crippen LogP contribution in [0.2, 0.25) is 0 Å². The number of aromatic amines is 2. The predicted molar refractivity (Wildman–Crippen MR) is 159 cm³/mol. The van der Waals surface area contributed by atoms with Gasteiger partial charge in [-0.15, -0.1) is 0 Å². The number of hydrogen-bond acceptors (Lipinski definition) is 6. The number of ether oxygens (including phenoxy) is 1. The second kappa shape index (κ2) is 10.7. The van der Waals surface area contributed by atoms with Crippen LogP contribution >= 0.6 is 0 Å². The van der Waals surface area contributed by atoms with Crippen LogP contribution in [0.3, 0.4) is 0 Å². The summed E-state index contributed by atoms with van der Waals surface area (Å²) in [5.41, 5.74) is 7.04. The van der Waals surface area contributed by atoms with Crippen molar-refractivity contribution in [2.75, 3.05) is 12.4 Å². The topological polar surface area (TPSA) is 121 Å². The van der Waals surface area contributed by atoms with Gasteiger partial charge in [-0.2, -0.15) is 5.10 Å². The van der Waals surface area contributed by atoms with E-state index < -0.39 is 5.82 Å². The van der Waals surface area contributed by atoms with Gasteiger partial charge in [0.15, 0.2) is 0 Å². The number of rotatable bonds is 6. The first-order valence-electron chi connectivity index (χ1n) is 14.0. The monoisotopic (exact) mass is 561 g/mol. The van der Waals surface area contributed by atoms with Crippen molar-refractivity contribution in [3.05, 3.63) is 72.9 Å². The third-order valence-electron chi connectivity index (χ3n) is 7.87. The third kappa shape index (κ3) is 4.85. The zero-order chi connectivity index (χ0) is 28.6. The van der Waals surface area contributed by atoms with Crippen molar-refractivity contribution in [3.63, 3.8) is 0 Å². The van der Waals surface area contributed by atoms with Crippen LogP contribution in [0, 0.1) is 11.7 Å². The molecule has 42 heavy (non-hydrogen) atoms. The molecule has 1 aliphatic carbocycles. The number of nitrogens with zero attached hydrogens (tertiary/aromatic N) is 4. The third-order valence-corrected chi connectivity index (χ3v) is 7.87. The zero-order valence-corrected chi connectivity index (χ0v) is 22.9. The zero-order valence-electron chi connectivity index (χ0n) is 22.9. The molecule has 5 aromatic heterocycles. The number of aromatic nitrogens is 6. The van der Waals surface area contributed by atoms with Crippen molar-refractivity contribution < 1.29 is 13.9 Å². The average molecular weight is 562 g/mol. The van der Waals surface area contributed by atoms with Crippen LogP contribution in [0.5, 0.6) is 5.75 Å². The van der Waals surface area contributed by atoms with Gasteiger partial charge in [-0.25, -0.2) is 9.37 Å². The molecule has 6 aromatic rings. The normalized spacial score (nSPS) is 14.0. The van der Waals surface area contributed by atoms with Gasteiger partial charge >= 0.3 is 0 Å². The number of anilines is 1. The maximum atomic E-state index is 14.3. The van der Waals surface area contributed by atoms with Crippen molar-refractivity contribution in [2.24, 2.45) is 5.92 Å². The summed E-state index contributed by atoms with van der Waals surface area (Å²) in [6.07, 6.45) is 10.3. The molecule has 9 nitrogen and oxygen atoms in total. The minimum Gasteiger partial charge on any atom is -0.497 e. The first-order valence-corrected chi connectivity index (χ1v) is 14.0. The van der Waals surface area contributed by atoms with Crippen LogP contribution in [0.15, 0.2) is 67.1 Å². The second-order valence-corrected chi connectivity index (χ2v) is 10.6. The lowest BCUT2D eigenvalue weighted by Gasteiger charge is -2.20. The first-order chi connectivity index (χ1) is 20.6. The Hall–Kier alpha value is -5.12. The van der Waals surface area contributed by atoms with Gasteiger partial charge in [0.25, 0.3) is 0 Å². The number of carbonyl (C=O) groups is 1. The van der Waals surface area contributed by atoms with E-state index in [-0.39, 0.29) is 11.8 Å². The number of methoxy groups -OCH3 is 1. The van der Waals surface area contributed by atoms with Crippen LogP contribution in [-0.4, -0.2) is 43.2 Å². The Balaban J connectivity index is 1.23. The molecule has 1 saturated carbocycles. The molecule has 5 heterocycles. The Kier molecular flexibility index (Phi) is 6.58. The number of H-pyrrole nitrogens is 2. The maximum absolute atomic E-state index is 14.3. The molecule has 210 valence electrons. The summed E-state index contributed by atoms with van der Waals surface area (Å²) in [5.74, 6) is 0.127. The maximum Gasteiger partial charge on any atom is 0.227 e. The molecule has 7 rings (SSSR count). The van der Waals surface area contributed by atoms with Gasteiger partial charge in [0, 0.05) is 46.4 Å². The van der Waals surface area contributed by atoms with E-state index in [1.54, 1.807) is 24.7 Å². The van der Waals surface area contributed by atoms with Crippen molar-refractivity contribution in [2.45, 2.75) is 32.1 Å². The summed E-state index contributed by atoms with van der Waals surface area (Å²) >= 11 is 0. The smallest absolute Gasteiger partial charge is 0.227 e. The number of hydrogen-bond donors (Lipinski definition) is 3. The summed E-state index contributed by atoms with van der Waals surface area (Å²) in [4.78, 5) is 30.0. The fourth-order valence-electron chi connectivity index (χ4n) is 5.73. The first kappa shape index (κ1) is 25.8. The molecular weight excluding hydrogens is 533 g/mol. The van der Waals surface area contributed by atoms with Gasteiger partial charge in [-0.1, -0.05) is 19.3 Å². The van der Waals surface area contributed by atoms with Crippen LogP contribution in [0.1, 0.15) is 32.1 Å². The van der Waals surface area contributed by atoms with Crippen molar-refractivity contribution in [1.82, 2.24) is 30.1 Å². The summed E-state index contributed by atoms with van der Waals surface area (Å²) in [7, 11) is 1.50. The largest absolute Gasteiger partial charge is 0.497 e. The molecule has 0 atom stereocenters. The number of fused-ring (bicyclic) bond motifs is 2. The van der Waals surface area contributed by atoms with Gasteiger partial charge in [0.2, 0.25) is 5.91 Å². The Bertz CT molecular complexity index is 1940. The molecule has 1 amide bonds. The molecule has 0 spiro atoms. The van der Waals surface area contributed by atoms with E-state index in [0.29, 0.717) is 39.6 Å². The lowest BCUT2D eigenvalue weighted by atomic mass is 9.88. The molecule has 1 aromatic carbocycles. The molecule has 0 saturated heterocycles. The van der Waals surface area contributed by atoms with E-state index in [1.807, 2.05) is 30.3 Å². The van der Waals surface area contributed by atoms with E-state index in [1.165, 1.54) is 25.7 Å². The van der Waals surface area contributed by atoms with Crippen molar-refractivity contribution in [1.29, 1.82) is 0 Å². The molecule has 1 aliphatic rings. The summed E-state index contributed by atoms with van der Waals surface area (Å²) in [5, 5.41) is 11.5. The fourth-order valence-corrected chi connectivity index (χ4v) is 5.73. The average Bonchev–Trinajstić information content (AvgIpc) is 3.65. The van der Waals surface area contributed by atoms with Crippen molar-refractivity contribution >= 4 is 33.5 Å². The summed E-state index contributed by atoms with van der Waals surface area (Å²) in [6.45, 7) is 0. The van der Waals surface area contributed by atoms with Crippen LogP contribution in [-0.2, 0) is 4.79 Å². The fraction of sp³-hybridized carbons (Fsp3) is 0.219. The minimum atomic E-state index is -0.402. The van der Waals surface area contributed by atoms with Crippen LogP contribution < -0.4 is 10.1 Å². The number of pyridine rings is 3. The molecule has 10 heteroatoms. The van der Waals surface area contributed by atoms with Crippen molar-refractivity contribution in [3.8, 4) is 39.7 Å². The van der Waals surface area contributed by atoms with Crippen LogP contribution in [0.4, 0.5) is 10.1 Å². The molecule has 0 bridgehead atoms. The van der Waals surface area contributed by atoms with Crippen LogP contribution in [0.25, 0.3) is 55.8 Å².